The van der Waals surface area contributed by atoms with Gasteiger partial charge in [-0.25, -0.2) is 10.1 Å². The van der Waals surface area contributed by atoms with Crippen molar-refractivity contribution in [2.75, 3.05) is 13.7 Å². The van der Waals surface area contributed by atoms with Crippen LogP contribution in [0.2, 0.25) is 0 Å². The number of hydroxylamine groups is 2. The first-order valence-electron chi connectivity index (χ1n) is 10.7. The molecule has 2 aliphatic heterocycles. The zero-order valence-electron chi connectivity index (χ0n) is 17.8. The molecule has 0 bridgehead atoms. The summed E-state index contributed by atoms with van der Waals surface area (Å²) in [7, 11) is 1.78. The number of nitrogens with two attached hydrogens (primary N) is 1. The molecule has 6 heteroatoms. The van der Waals surface area contributed by atoms with Gasteiger partial charge in [-0.1, -0.05) is 48.5 Å². The third-order valence-electron chi connectivity index (χ3n) is 6.12. The lowest BCUT2D eigenvalue weighted by Gasteiger charge is -2.38. The van der Waals surface area contributed by atoms with Crippen LogP contribution in [0.15, 0.2) is 77.8 Å². The van der Waals surface area contributed by atoms with Crippen LogP contribution in [0.1, 0.15) is 35.1 Å². The van der Waals surface area contributed by atoms with Crippen molar-refractivity contribution in [1.29, 1.82) is 5.26 Å². The predicted octanol–water partition coefficient (Wildman–Crippen LogP) is 4.39. The minimum atomic E-state index is -0.285. The number of nitriles is 1. The zero-order chi connectivity index (χ0) is 22.1. The number of benzene rings is 3. The second kappa shape index (κ2) is 8.37. The van der Waals surface area contributed by atoms with Crippen LogP contribution in [0.3, 0.4) is 0 Å². The topological polar surface area (TPSA) is 83.9 Å². The summed E-state index contributed by atoms with van der Waals surface area (Å²) in [6, 6.07) is 25.9. The van der Waals surface area contributed by atoms with Gasteiger partial charge in [-0.15, -0.1) is 0 Å². The van der Waals surface area contributed by atoms with E-state index < -0.39 is 0 Å². The summed E-state index contributed by atoms with van der Waals surface area (Å²) in [5.74, 6) is 1.29. The van der Waals surface area contributed by atoms with Gasteiger partial charge in [0, 0.05) is 18.5 Å². The van der Waals surface area contributed by atoms with Gasteiger partial charge in [0.05, 0.1) is 18.2 Å². The smallest absolute Gasteiger partial charge is 0.216 e. The Morgan fingerprint density at radius 1 is 1.03 bits per heavy atom. The Morgan fingerprint density at radius 2 is 1.84 bits per heavy atom. The second-order valence-electron chi connectivity index (χ2n) is 8.17. The maximum Gasteiger partial charge on any atom is 0.216 e. The molecule has 2 N–H and O–H groups in total. The number of rotatable bonds is 2. The summed E-state index contributed by atoms with van der Waals surface area (Å²) in [6.45, 7) is 0.551. The Morgan fingerprint density at radius 3 is 2.66 bits per heavy atom. The molecule has 0 amide bonds. The fraction of sp³-hybridized carbons (Fsp3) is 0.231. The Balaban J connectivity index is 1.58. The van der Waals surface area contributed by atoms with E-state index in [0.717, 1.165) is 28.9 Å². The van der Waals surface area contributed by atoms with Gasteiger partial charge < -0.3 is 10.5 Å². The Hall–Kier alpha value is -3.82. The SMILES string of the molecule is CN1OC2CC(c3ccccc3)COc3ccc(-c4cccc(C#N)c4)cc3C2N=C1N. The molecule has 3 unspecified atom stereocenters. The van der Waals surface area contributed by atoms with E-state index in [1.54, 1.807) is 18.2 Å². The highest BCUT2D eigenvalue weighted by Crippen LogP contribution is 2.42. The quantitative estimate of drug-likeness (QED) is 0.659. The standard InChI is InChI=1S/C26H24N4O2/c1-30-26(28)29-25-22-13-20(19-9-5-6-17(12-19)15-27)10-11-23(22)31-16-21(14-24(25)32-30)18-7-3-2-4-8-18/h2-13,21,24-25H,14,16H2,1H3,(H2,28,29). The van der Waals surface area contributed by atoms with E-state index in [2.05, 4.69) is 24.3 Å². The predicted molar refractivity (Wildman–Crippen MR) is 123 cm³/mol. The van der Waals surface area contributed by atoms with E-state index in [0.29, 0.717) is 18.1 Å². The van der Waals surface area contributed by atoms with Gasteiger partial charge >= 0.3 is 0 Å². The molecule has 2 aliphatic rings. The van der Waals surface area contributed by atoms with Crippen molar-refractivity contribution in [1.82, 2.24) is 5.06 Å². The van der Waals surface area contributed by atoms with Gasteiger partial charge in [0.1, 0.15) is 17.9 Å². The average Bonchev–Trinajstić information content (AvgIpc) is 2.83. The monoisotopic (exact) mass is 424 g/mol. The molecular formula is C26H24N4O2. The molecule has 2 heterocycles. The summed E-state index contributed by atoms with van der Waals surface area (Å²) < 4.78 is 6.31. The van der Waals surface area contributed by atoms with E-state index in [1.165, 1.54) is 5.56 Å². The van der Waals surface area contributed by atoms with Crippen LogP contribution < -0.4 is 10.5 Å². The Labute approximate surface area is 187 Å². The van der Waals surface area contributed by atoms with Gasteiger partial charge in [-0.3, -0.25) is 4.84 Å². The van der Waals surface area contributed by atoms with E-state index >= 15 is 0 Å². The summed E-state index contributed by atoms with van der Waals surface area (Å²) in [5.41, 5.74) is 10.9. The lowest BCUT2D eigenvalue weighted by atomic mass is 9.86. The van der Waals surface area contributed by atoms with E-state index in [-0.39, 0.29) is 18.1 Å². The molecule has 0 aromatic heterocycles. The van der Waals surface area contributed by atoms with Crippen molar-refractivity contribution in [3.8, 4) is 22.9 Å². The number of fused-ring (bicyclic) bond motifs is 3. The van der Waals surface area contributed by atoms with Gasteiger partial charge in [-0.2, -0.15) is 5.26 Å². The molecule has 5 rings (SSSR count). The van der Waals surface area contributed by atoms with Crippen LogP contribution in [0, 0.1) is 11.3 Å². The normalized spacial score (nSPS) is 22.3. The fourth-order valence-electron chi connectivity index (χ4n) is 4.42. The molecule has 6 nitrogen and oxygen atoms in total. The van der Waals surface area contributed by atoms with Crippen LogP contribution in [-0.4, -0.2) is 30.8 Å². The van der Waals surface area contributed by atoms with Crippen molar-refractivity contribution in [2.45, 2.75) is 24.5 Å². The van der Waals surface area contributed by atoms with Crippen molar-refractivity contribution in [3.63, 3.8) is 0 Å². The van der Waals surface area contributed by atoms with Gasteiger partial charge in [0.15, 0.2) is 0 Å². The molecule has 0 radical (unpaired) electrons. The number of hydrogen-bond acceptors (Lipinski definition) is 6. The number of hydrogen-bond donors (Lipinski definition) is 1. The number of aliphatic imine (C=N–C) groups is 1. The second-order valence-corrected chi connectivity index (χ2v) is 8.17. The minimum absolute atomic E-state index is 0.173. The first-order chi connectivity index (χ1) is 15.6. The lowest BCUT2D eigenvalue weighted by Crippen LogP contribution is -2.45. The van der Waals surface area contributed by atoms with Gasteiger partial charge in [0.25, 0.3) is 0 Å². The molecule has 32 heavy (non-hydrogen) atoms. The highest BCUT2D eigenvalue weighted by atomic mass is 16.7. The van der Waals surface area contributed by atoms with Crippen molar-refractivity contribution in [3.05, 3.63) is 89.5 Å². The Bertz CT molecular complexity index is 1200. The molecule has 0 saturated carbocycles. The minimum Gasteiger partial charge on any atom is -0.493 e. The summed E-state index contributed by atoms with van der Waals surface area (Å²) >= 11 is 0. The highest BCUT2D eigenvalue weighted by Gasteiger charge is 2.37. The number of guanidine groups is 1. The molecule has 0 saturated heterocycles. The molecule has 0 fully saturated rings. The number of nitrogens with zero attached hydrogens (tertiary/aromatic N) is 3. The number of ether oxygens (including phenoxy) is 1. The molecule has 3 atom stereocenters. The third kappa shape index (κ3) is 3.79. The molecule has 3 aromatic rings. The van der Waals surface area contributed by atoms with Crippen LogP contribution in [0.25, 0.3) is 11.1 Å². The first kappa shape index (κ1) is 20.1. The maximum atomic E-state index is 9.27. The van der Waals surface area contributed by atoms with E-state index in [1.807, 2.05) is 48.5 Å². The first-order valence-corrected chi connectivity index (χ1v) is 10.7. The zero-order valence-corrected chi connectivity index (χ0v) is 17.8. The Kier molecular flexibility index (Phi) is 5.26. The van der Waals surface area contributed by atoms with Gasteiger partial charge in [0.2, 0.25) is 5.96 Å². The summed E-state index contributed by atoms with van der Waals surface area (Å²) in [5, 5.41) is 10.8. The lowest BCUT2D eigenvalue weighted by molar-refractivity contribution is -0.156. The molecular weight excluding hydrogens is 400 g/mol. The fourth-order valence-corrected chi connectivity index (χ4v) is 4.42. The van der Waals surface area contributed by atoms with Gasteiger partial charge in [-0.05, 0) is 47.4 Å². The maximum absolute atomic E-state index is 9.27. The van der Waals surface area contributed by atoms with E-state index in [4.69, 9.17) is 20.3 Å². The van der Waals surface area contributed by atoms with E-state index in [9.17, 15) is 5.26 Å². The average molecular weight is 425 g/mol. The highest BCUT2D eigenvalue weighted by molar-refractivity contribution is 5.78. The van der Waals surface area contributed by atoms with Crippen molar-refractivity contribution >= 4 is 5.96 Å². The van der Waals surface area contributed by atoms with Crippen LogP contribution in [0.5, 0.6) is 5.75 Å². The third-order valence-corrected chi connectivity index (χ3v) is 6.12. The summed E-state index contributed by atoms with van der Waals surface area (Å²) in [6.07, 6.45) is 0.574. The largest absolute Gasteiger partial charge is 0.493 e. The van der Waals surface area contributed by atoms with Crippen LogP contribution >= 0.6 is 0 Å². The molecule has 0 spiro atoms. The van der Waals surface area contributed by atoms with Crippen LogP contribution in [0.4, 0.5) is 0 Å². The molecule has 3 aromatic carbocycles. The van der Waals surface area contributed by atoms with Crippen molar-refractivity contribution < 1.29 is 9.57 Å². The van der Waals surface area contributed by atoms with Crippen LogP contribution in [-0.2, 0) is 4.84 Å². The van der Waals surface area contributed by atoms with Crippen molar-refractivity contribution in [2.24, 2.45) is 10.7 Å². The summed E-state index contributed by atoms with van der Waals surface area (Å²) in [4.78, 5) is 11.0. The molecule has 0 aliphatic carbocycles. The molecule has 160 valence electrons.